The number of nitrogens with zero attached hydrogens (tertiary/aromatic N) is 1. The maximum atomic E-state index is 10.9. The van der Waals surface area contributed by atoms with Crippen LogP contribution < -0.4 is 5.32 Å². The summed E-state index contributed by atoms with van der Waals surface area (Å²) in [4.78, 5) is 15.3. The lowest BCUT2D eigenvalue weighted by Crippen LogP contribution is -2.12. The van der Waals surface area contributed by atoms with E-state index in [4.69, 9.17) is 5.11 Å². The highest BCUT2D eigenvalue weighted by atomic mass is 16.4. The van der Waals surface area contributed by atoms with Crippen molar-refractivity contribution in [1.82, 2.24) is 0 Å². The molecule has 0 atom stereocenters. The fraction of sp³-hybridized carbons (Fsp3) is 0.385. The van der Waals surface area contributed by atoms with Crippen LogP contribution in [0.1, 0.15) is 36.0 Å². The molecule has 3 N–H and O–H groups in total. The molecule has 0 saturated heterocycles. The summed E-state index contributed by atoms with van der Waals surface area (Å²) in [6.07, 6.45) is 4.19. The second-order valence-electron chi connectivity index (χ2n) is 4.34. The number of rotatable bonds is 2. The van der Waals surface area contributed by atoms with Gasteiger partial charge in [-0.3, -0.25) is 4.99 Å². The Bertz CT molecular complexity index is 483. The summed E-state index contributed by atoms with van der Waals surface area (Å²) in [5.41, 5.74) is 0.625. The largest absolute Gasteiger partial charge is 0.508 e. The molecular weight excluding hydrogens is 232 g/mol. The molecule has 0 unspecified atom stereocenters. The molecule has 1 heterocycles. The minimum atomic E-state index is -1.06. The predicted molar refractivity (Wildman–Crippen MR) is 69.5 cm³/mol. The lowest BCUT2D eigenvalue weighted by Gasteiger charge is -2.09. The molecule has 1 aliphatic heterocycles. The average molecular weight is 248 g/mol. The van der Waals surface area contributed by atoms with Gasteiger partial charge in [-0.15, -0.1) is 0 Å². The van der Waals surface area contributed by atoms with E-state index in [1.54, 1.807) is 0 Å². The van der Waals surface area contributed by atoms with Crippen LogP contribution in [0.5, 0.6) is 5.75 Å². The van der Waals surface area contributed by atoms with E-state index in [0.717, 1.165) is 38.1 Å². The third-order valence-electron chi connectivity index (χ3n) is 2.83. The van der Waals surface area contributed by atoms with Crippen LogP contribution in [0.4, 0.5) is 5.69 Å². The van der Waals surface area contributed by atoms with Crippen molar-refractivity contribution >= 4 is 17.5 Å². The maximum absolute atomic E-state index is 10.9. The second-order valence-corrected chi connectivity index (χ2v) is 4.34. The Labute approximate surface area is 105 Å². The number of nitrogens with one attached hydrogen (secondary N) is 1. The first kappa shape index (κ1) is 12.4. The summed E-state index contributed by atoms with van der Waals surface area (Å²) < 4.78 is 0. The van der Waals surface area contributed by atoms with Gasteiger partial charge < -0.3 is 15.5 Å². The molecule has 0 aliphatic carbocycles. The Kier molecular flexibility index (Phi) is 3.82. The third-order valence-corrected chi connectivity index (χ3v) is 2.83. The van der Waals surface area contributed by atoms with Crippen molar-refractivity contribution in [1.29, 1.82) is 0 Å². The van der Waals surface area contributed by atoms with E-state index in [1.807, 2.05) is 0 Å². The minimum absolute atomic E-state index is 0.0618. The average Bonchev–Trinajstić information content (AvgIpc) is 2.57. The number of hydrogen-bond donors (Lipinski definition) is 3. The molecule has 0 radical (unpaired) electrons. The number of phenols is 1. The van der Waals surface area contributed by atoms with Gasteiger partial charge in [-0.05, 0) is 25.0 Å². The summed E-state index contributed by atoms with van der Waals surface area (Å²) in [6.45, 7) is 0.799. The van der Waals surface area contributed by atoms with Gasteiger partial charge >= 0.3 is 5.97 Å². The smallest absolute Gasteiger partial charge is 0.335 e. The number of carbonyl (C=O) groups is 1. The number of phenolic OH excluding ortho intramolecular Hbond substituents is 1. The Morgan fingerprint density at radius 2 is 2.06 bits per heavy atom. The zero-order valence-electron chi connectivity index (χ0n) is 10.0. The molecule has 0 fully saturated rings. The van der Waals surface area contributed by atoms with Gasteiger partial charge in [0.1, 0.15) is 11.6 Å². The Balaban J connectivity index is 2.17. The first-order chi connectivity index (χ1) is 8.65. The molecular formula is C13H16N2O3. The number of aliphatic imine (C=N–C) groups is 1. The number of carboxylic acid groups (broad SMARTS) is 1. The molecule has 1 aromatic rings. The molecule has 0 aromatic heterocycles. The molecule has 1 aromatic carbocycles. The number of anilines is 1. The van der Waals surface area contributed by atoms with E-state index >= 15 is 0 Å². The number of aromatic carboxylic acids is 1. The number of amidine groups is 1. The van der Waals surface area contributed by atoms with Gasteiger partial charge in [-0.25, -0.2) is 4.79 Å². The van der Waals surface area contributed by atoms with Crippen molar-refractivity contribution in [3.05, 3.63) is 23.8 Å². The van der Waals surface area contributed by atoms with Gasteiger partial charge in [-0.1, -0.05) is 6.42 Å². The van der Waals surface area contributed by atoms with Crippen LogP contribution in [0, 0.1) is 0 Å². The monoisotopic (exact) mass is 248 g/mol. The van der Waals surface area contributed by atoms with Crippen LogP contribution in [-0.2, 0) is 0 Å². The van der Waals surface area contributed by atoms with E-state index in [9.17, 15) is 9.90 Å². The molecule has 96 valence electrons. The minimum Gasteiger partial charge on any atom is -0.508 e. The second kappa shape index (κ2) is 5.53. The van der Waals surface area contributed by atoms with Crippen molar-refractivity contribution in [3.63, 3.8) is 0 Å². The van der Waals surface area contributed by atoms with E-state index < -0.39 is 5.97 Å². The molecule has 5 nitrogen and oxygen atoms in total. The molecule has 0 saturated carbocycles. The van der Waals surface area contributed by atoms with Gasteiger partial charge in [0.15, 0.2) is 0 Å². The Morgan fingerprint density at radius 3 is 2.83 bits per heavy atom. The van der Waals surface area contributed by atoms with Gasteiger partial charge in [0.05, 0.1) is 5.56 Å². The third kappa shape index (κ3) is 3.23. The topological polar surface area (TPSA) is 81.9 Å². The van der Waals surface area contributed by atoms with E-state index in [1.165, 1.54) is 18.2 Å². The maximum Gasteiger partial charge on any atom is 0.335 e. The van der Waals surface area contributed by atoms with Gasteiger partial charge in [0.2, 0.25) is 0 Å². The molecule has 0 bridgehead atoms. The van der Waals surface area contributed by atoms with Crippen LogP contribution in [0.15, 0.2) is 23.2 Å². The van der Waals surface area contributed by atoms with Crippen molar-refractivity contribution in [2.45, 2.75) is 25.7 Å². The fourth-order valence-corrected chi connectivity index (χ4v) is 1.95. The predicted octanol–water partition coefficient (Wildman–Crippen LogP) is 2.47. The highest BCUT2D eigenvalue weighted by Gasteiger charge is 2.09. The summed E-state index contributed by atoms with van der Waals surface area (Å²) >= 11 is 0. The van der Waals surface area contributed by atoms with Crippen molar-refractivity contribution in [2.75, 3.05) is 11.9 Å². The van der Waals surface area contributed by atoms with Gasteiger partial charge in [-0.2, -0.15) is 0 Å². The molecule has 0 amide bonds. The lowest BCUT2D eigenvalue weighted by molar-refractivity contribution is 0.0696. The summed E-state index contributed by atoms with van der Waals surface area (Å²) in [5.74, 6) is -0.266. The Hall–Kier alpha value is -2.04. The Morgan fingerprint density at radius 1 is 1.22 bits per heavy atom. The fourth-order valence-electron chi connectivity index (χ4n) is 1.95. The van der Waals surface area contributed by atoms with Crippen LogP contribution in [0.2, 0.25) is 0 Å². The number of benzene rings is 1. The van der Waals surface area contributed by atoms with E-state index in [-0.39, 0.29) is 11.3 Å². The number of carboxylic acids is 1. The van der Waals surface area contributed by atoms with Crippen LogP contribution in [0.3, 0.4) is 0 Å². The van der Waals surface area contributed by atoms with E-state index in [0.29, 0.717) is 5.69 Å². The zero-order valence-corrected chi connectivity index (χ0v) is 10.0. The van der Waals surface area contributed by atoms with Gasteiger partial charge in [0.25, 0.3) is 0 Å². The molecule has 0 spiro atoms. The molecule has 2 rings (SSSR count). The van der Waals surface area contributed by atoms with Crippen LogP contribution >= 0.6 is 0 Å². The van der Waals surface area contributed by atoms with Crippen LogP contribution in [0.25, 0.3) is 0 Å². The highest BCUT2D eigenvalue weighted by Crippen LogP contribution is 2.21. The summed E-state index contributed by atoms with van der Waals surface area (Å²) in [6, 6.07) is 4.22. The number of hydrogen-bond acceptors (Lipinski definition) is 4. The van der Waals surface area contributed by atoms with Crippen LogP contribution in [-0.4, -0.2) is 28.6 Å². The molecule has 5 heteroatoms. The van der Waals surface area contributed by atoms with Crippen molar-refractivity contribution in [3.8, 4) is 5.75 Å². The quantitative estimate of drug-likeness (QED) is 0.751. The first-order valence-corrected chi connectivity index (χ1v) is 6.03. The van der Waals surface area contributed by atoms with Crippen molar-refractivity contribution in [2.24, 2.45) is 4.99 Å². The van der Waals surface area contributed by atoms with Gasteiger partial charge in [0, 0.05) is 24.7 Å². The number of aromatic hydroxyl groups is 1. The van der Waals surface area contributed by atoms with E-state index in [2.05, 4.69) is 10.3 Å². The molecule has 18 heavy (non-hydrogen) atoms. The zero-order chi connectivity index (χ0) is 13.0. The normalized spacial score (nSPS) is 15.7. The SMILES string of the molecule is O=C(O)c1cc(O)cc(NC2=NCCCCC2)c1. The highest BCUT2D eigenvalue weighted by molar-refractivity contribution is 5.97. The summed E-state index contributed by atoms with van der Waals surface area (Å²) in [5, 5.41) is 21.5. The first-order valence-electron chi connectivity index (χ1n) is 6.03. The standard InChI is InChI=1S/C13H16N2O3/c16-11-7-9(13(17)18)6-10(8-11)15-12-4-2-1-3-5-14-12/h6-8,16H,1-5H2,(H,14,15)(H,17,18). The summed E-state index contributed by atoms with van der Waals surface area (Å²) in [7, 11) is 0. The van der Waals surface area contributed by atoms with Crippen molar-refractivity contribution < 1.29 is 15.0 Å². The lowest BCUT2D eigenvalue weighted by atomic mass is 10.1. The molecule has 1 aliphatic rings.